The van der Waals surface area contributed by atoms with E-state index in [1.54, 1.807) is 11.6 Å². The quantitative estimate of drug-likeness (QED) is 0.772. The molecule has 21 heavy (non-hydrogen) atoms. The Balaban J connectivity index is 2.25. The lowest BCUT2D eigenvalue weighted by Crippen LogP contribution is -2.32. The van der Waals surface area contributed by atoms with Crippen molar-refractivity contribution in [3.05, 3.63) is 47.3 Å². The minimum atomic E-state index is -0.474. The van der Waals surface area contributed by atoms with Crippen molar-refractivity contribution in [2.45, 2.75) is 26.4 Å². The van der Waals surface area contributed by atoms with Crippen LogP contribution in [0.5, 0.6) is 0 Å². The monoisotopic (exact) mass is 288 g/mol. The summed E-state index contributed by atoms with van der Waals surface area (Å²) < 4.78 is 1.57. The SMILES string of the molecule is CCn1nc(C)c(N)c1C(=O)N[C@@H](CO)c1ccccc1. The summed E-state index contributed by atoms with van der Waals surface area (Å²) in [4.78, 5) is 12.4. The highest BCUT2D eigenvalue weighted by molar-refractivity contribution is 5.98. The van der Waals surface area contributed by atoms with E-state index in [1.165, 1.54) is 0 Å². The van der Waals surface area contributed by atoms with Gasteiger partial charge < -0.3 is 16.2 Å². The maximum absolute atomic E-state index is 12.4. The van der Waals surface area contributed by atoms with Crippen LogP contribution < -0.4 is 11.1 Å². The number of aliphatic hydroxyl groups is 1. The van der Waals surface area contributed by atoms with Gasteiger partial charge in [0.1, 0.15) is 5.69 Å². The standard InChI is InChI=1S/C15H20N4O2/c1-3-19-14(13(16)10(2)18-19)15(21)17-12(9-20)11-7-5-4-6-8-11/h4-8,12,20H,3,9,16H2,1-2H3,(H,17,21)/t12-/m0/s1. The molecule has 0 aliphatic rings. The number of hydrogen-bond donors (Lipinski definition) is 3. The normalized spacial score (nSPS) is 12.1. The van der Waals surface area contributed by atoms with Crippen molar-refractivity contribution in [2.24, 2.45) is 0 Å². The molecule has 1 atom stereocenters. The van der Waals surface area contributed by atoms with E-state index in [1.807, 2.05) is 37.3 Å². The first-order valence-corrected chi connectivity index (χ1v) is 6.88. The number of rotatable bonds is 5. The van der Waals surface area contributed by atoms with E-state index in [0.717, 1.165) is 5.56 Å². The first-order valence-electron chi connectivity index (χ1n) is 6.88. The number of aryl methyl sites for hydroxylation is 2. The Kier molecular flexibility index (Phi) is 4.59. The van der Waals surface area contributed by atoms with Crippen LogP contribution in [0.25, 0.3) is 0 Å². The van der Waals surface area contributed by atoms with E-state index >= 15 is 0 Å². The second-order valence-corrected chi connectivity index (χ2v) is 4.78. The lowest BCUT2D eigenvalue weighted by atomic mass is 10.1. The van der Waals surface area contributed by atoms with E-state index in [-0.39, 0.29) is 12.5 Å². The highest BCUT2D eigenvalue weighted by Gasteiger charge is 2.22. The van der Waals surface area contributed by atoms with Crippen LogP contribution in [0.2, 0.25) is 0 Å². The average molecular weight is 288 g/mol. The minimum absolute atomic E-state index is 0.186. The number of carbonyl (C=O) groups is 1. The summed E-state index contributed by atoms with van der Waals surface area (Å²) in [5, 5.41) is 16.5. The summed E-state index contributed by atoms with van der Waals surface area (Å²) in [7, 11) is 0. The Morgan fingerprint density at radius 3 is 2.67 bits per heavy atom. The number of carbonyl (C=O) groups excluding carboxylic acids is 1. The van der Waals surface area contributed by atoms with E-state index in [4.69, 9.17) is 5.73 Å². The molecule has 1 amide bonds. The van der Waals surface area contributed by atoms with Crippen LogP contribution in [-0.4, -0.2) is 27.4 Å². The fraction of sp³-hybridized carbons (Fsp3) is 0.333. The molecule has 1 aromatic carbocycles. The van der Waals surface area contributed by atoms with Gasteiger partial charge in [0, 0.05) is 6.54 Å². The zero-order valence-electron chi connectivity index (χ0n) is 12.2. The Morgan fingerprint density at radius 2 is 2.10 bits per heavy atom. The van der Waals surface area contributed by atoms with Gasteiger partial charge in [0.15, 0.2) is 0 Å². The molecular formula is C15H20N4O2. The third-order valence-electron chi connectivity index (χ3n) is 3.38. The number of nitrogens with zero attached hydrogens (tertiary/aromatic N) is 2. The molecule has 1 aromatic heterocycles. The molecule has 0 aliphatic heterocycles. The summed E-state index contributed by atoms with van der Waals surface area (Å²) in [6, 6.07) is 8.84. The summed E-state index contributed by atoms with van der Waals surface area (Å²) in [5.41, 5.74) is 8.11. The van der Waals surface area contributed by atoms with E-state index < -0.39 is 6.04 Å². The Morgan fingerprint density at radius 1 is 1.43 bits per heavy atom. The van der Waals surface area contributed by atoms with Gasteiger partial charge in [-0.1, -0.05) is 30.3 Å². The molecule has 112 valence electrons. The Hall–Kier alpha value is -2.34. The van der Waals surface area contributed by atoms with Gasteiger partial charge in [-0.05, 0) is 19.4 Å². The number of nitrogens with two attached hydrogens (primary N) is 1. The number of hydrogen-bond acceptors (Lipinski definition) is 4. The Bertz CT molecular complexity index is 622. The lowest BCUT2D eigenvalue weighted by molar-refractivity contribution is 0.0906. The van der Waals surface area contributed by atoms with Crippen LogP contribution in [0.1, 0.15) is 34.7 Å². The molecular weight excluding hydrogens is 268 g/mol. The van der Waals surface area contributed by atoms with Crippen molar-refractivity contribution in [2.75, 3.05) is 12.3 Å². The van der Waals surface area contributed by atoms with E-state index in [0.29, 0.717) is 23.6 Å². The molecule has 0 radical (unpaired) electrons. The maximum atomic E-state index is 12.4. The molecule has 0 spiro atoms. The topological polar surface area (TPSA) is 93.2 Å². The van der Waals surface area contributed by atoms with Crippen LogP contribution in [-0.2, 0) is 6.54 Å². The number of aliphatic hydroxyl groups excluding tert-OH is 1. The maximum Gasteiger partial charge on any atom is 0.272 e. The predicted molar refractivity (Wildman–Crippen MR) is 80.8 cm³/mol. The third kappa shape index (κ3) is 3.05. The summed E-state index contributed by atoms with van der Waals surface area (Å²) >= 11 is 0. The van der Waals surface area contributed by atoms with Crippen LogP contribution in [0.4, 0.5) is 5.69 Å². The third-order valence-corrected chi connectivity index (χ3v) is 3.38. The van der Waals surface area contributed by atoms with Crippen molar-refractivity contribution in [1.82, 2.24) is 15.1 Å². The summed E-state index contributed by atoms with van der Waals surface area (Å²) in [6.07, 6.45) is 0. The fourth-order valence-electron chi connectivity index (χ4n) is 2.21. The van der Waals surface area contributed by atoms with Crippen molar-refractivity contribution < 1.29 is 9.90 Å². The number of amides is 1. The molecule has 6 heteroatoms. The molecule has 0 saturated heterocycles. The number of nitrogens with one attached hydrogen (secondary N) is 1. The fourth-order valence-corrected chi connectivity index (χ4v) is 2.21. The average Bonchev–Trinajstić information content (AvgIpc) is 2.80. The highest BCUT2D eigenvalue weighted by Crippen LogP contribution is 2.18. The van der Waals surface area contributed by atoms with Gasteiger partial charge in [0.25, 0.3) is 5.91 Å². The first kappa shape index (κ1) is 15.1. The van der Waals surface area contributed by atoms with Crippen LogP contribution in [0, 0.1) is 6.92 Å². The van der Waals surface area contributed by atoms with Crippen LogP contribution >= 0.6 is 0 Å². The number of benzene rings is 1. The van der Waals surface area contributed by atoms with Gasteiger partial charge in [-0.15, -0.1) is 0 Å². The molecule has 0 saturated carbocycles. The van der Waals surface area contributed by atoms with Gasteiger partial charge in [0.2, 0.25) is 0 Å². The summed E-state index contributed by atoms with van der Waals surface area (Å²) in [6.45, 7) is 4.02. The first-order chi connectivity index (χ1) is 10.1. The molecule has 2 rings (SSSR count). The van der Waals surface area contributed by atoms with E-state index in [9.17, 15) is 9.90 Å². The van der Waals surface area contributed by atoms with Gasteiger partial charge in [0.05, 0.1) is 24.0 Å². The van der Waals surface area contributed by atoms with Gasteiger partial charge in [-0.3, -0.25) is 9.48 Å². The van der Waals surface area contributed by atoms with Crippen LogP contribution in [0.15, 0.2) is 30.3 Å². The van der Waals surface area contributed by atoms with Crippen molar-refractivity contribution in [3.8, 4) is 0 Å². The zero-order chi connectivity index (χ0) is 15.4. The largest absolute Gasteiger partial charge is 0.395 e. The second-order valence-electron chi connectivity index (χ2n) is 4.78. The molecule has 0 aliphatic carbocycles. The predicted octanol–water partition coefficient (Wildman–Crippen LogP) is 1.26. The van der Waals surface area contributed by atoms with E-state index in [2.05, 4.69) is 10.4 Å². The minimum Gasteiger partial charge on any atom is -0.395 e. The van der Waals surface area contributed by atoms with Crippen molar-refractivity contribution in [1.29, 1.82) is 0 Å². The smallest absolute Gasteiger partial charge is 0.272 e. The van der Waals surface area contributed by atoms with Crippen molar-refractivity contribution in [3.63, 3.8) is 0 Å². The Labute approximate surface area is 123 Å². The molecule has 1 heterocycles. The van der Waals surface area contributed by atoms with Gasteiger partial charge >= 0.3 is 0 Å². The van der Waals surface area contributed by atoms with Crippen molar-refractivity contribution >= 4 is 11.6 Å². The highest BCUT2D eigenvalue weighted by atomic mass is 16.3. The number of aromatic nitrogens is 2. The molecule has 2 aromatic rings. The lowest BCUT2D eigenvalue weighted by Gasteiger charge is -2.17. The van der Waals surface area contributed by atoms with Gasteiger partial charge in [-0.2, -0.15) is 5.10 Å². The second kappa shape index (κ2) is 6.41. The molecule has 6 nitrogen and oxygen atoms in total. The molecule has 0 fully saturated rings. The molecule has 0 bridgehead atoms. The summed E-state index contributed by atoms with van der Waals surface area (Å²) in [5.74, 6) is -0.335. The number of nitrogen functional groups attached to an aromatic ring is 1. The zero-order valence-corrected chi connectivity index (χ0v) is 12.2. The number of anilines is 1. The molecule has 0 unspecified atom stereocenters. The molecule has 4 N–H and O–H groups in total. The van der Waals surface area contributed by atoms with Crippen LogP contribution in [0.3, 0.4) is 0 Å². The van der Waals surface area contributed by atoms with Gasteiger partial charge in [-0.25, -0.2) is 0 Å².